The van der Waals surface area contributed by atoms with Crippen molar-refractivity contribution in [3.05, 3.63) is 29.3 Å². The highest BCUT2D eigenvalue weighted by Crippen LogP contribution is 2.22. The summed E-state index contributed by atoms with van der Waals surface area (Å²) in [6.45, 7) is 0.699. The lowest BCUT2D eigenvalue weighted by molar-refractivity contribution is 0.0619. The number of oxime groups is 1. The predicted octanol–water partition coefficient (Wildman–Crippen LogP) is 0.403. The van der Waals surface area contributed by atoms with Crippen LogP contribution in [0.4, 0.5) is 0 Å². The number of hydrogen-bond donors (Lipinski definition) is 4. The van der Waals surface area contributed by atoms with Crippen molar-refractivity contribution in [1.29, 1.82) is 0 Å². The number of ether oxygens (including phenoxy) is 1. The van der Waals surface area contributed by atoms with Crippen LogP contribution >= 0.6 is 0 Å². The standard InChI is InChI=1S/C13H19N3O3/c1-19-12-4-8(2-3-11(12)13(14)16-18)7-15-9-5-10(17)6-9/h2-4,9-10,15,17-18H,5-7H2,1H3,(H2,14,16). The molecule has 0 spiro atoms. The summed E-state index contributed by atoms with van der Waals surface area (Å²) in [5.41, 5.74) is 7.18. The van der Waals surface area contributed by atoms with Crippen LogP contribution in [0.5, 0.6) is 5.75 Å². The molecule has 0 unspecified atom stereocenters. The normalized spacial score (nSPS) is 22.9. The van der Waals surface area contributed by atoms with Crippen LogP contribution in [-0.2, 0) is 6.54 Å². The molecule has 1 aromatic rings. The molecule has 1 fully saturated rings. The third-order valence-corrected chi connectivity index (χ3v) is 3.36. The second-order valence-corrected chi connectivity index (χ2v) is 4.72. The average molecular weight is 265 g/mol. The van der Waals surface area contributed by atoms with Crippen LogP contribution in [0.25, 0.3) is 0 Å². The fraction of sp³-hybridized carbons (Fsp3) is 0.462. The number of nitrogens with two attached hydrogens (primary N) is 1. The minimum Gasteiger partial charge on any atom is -0.496 e. The smallest absolute Gasteiger partial charge is 0.173 e. The molecule has 2 rings (SSSR count). The lowest BCUT2D eigenvalue weighted by Crippen LogP contribution is -2.43. The molecule has 1 saturated carbocycles. The van der Waals surface area contributed by atoms with E-state index in [2.05, 4.69) is 10.5 Å². The van der Waals surface area contributed by atoms with E-state index in [1.165, 1.54) is 0 Å². The lowest BCUT2D eigenvalue weighted by Gasteiger charge is -2.32. The number of aliphatic hydroxyl groups excluding tert-OH is 1. The average Bonchev–Trinajstić information content (AvgIpc) is 2.41. The molecule has 1 aliphatic rings. The summed E-state index contributed by atoms with van der Waals surface area (Å²) in [4.78, 5) is 0. The molecule has 0 aromatic heterocycles. The van der Waals surface area contributed by atoms with Gasteiger partial charge in [0.05, 0.1) is 18.8 Å². The Morgan fingerprint density at radius 3 is 2.84 bits per heavy atom. The van der Waals surface area contributed by atoms with E-state index in [9.17, 15) is 5.11 Å². The van der Waals surface area contributed by atoms with Crippen molar-refractivity contribution >= 4 is 5.84 Å². The first kappa shape index (κ1) is 13.6. The fourth-order valence-corrected chi connectivity index (χ4v) is 2.13. The first-order valence-corrected chi connectivity index (χ1v) is 6.20. The Labute approximate surface area is 111 Å². The molecule has 0 aliphatic heterocycles. The van der Waals surface area contributed by atoms with Crippen LogP contribution in [0.1, 0.15) is 24.0 Å². The van der Waals surface area contributed by atoms with Gasteiger partial charge in [-0.1, -0.05) is 11.2 Å². The summed E-state index contributed by atoms with van der Waals surface area (Å²) in [6, 6.07) is 5.90. The Morgan fingerprint density at radius 1 is 1.53 bits per heavy atom. The van der Waals surface area contributed by atoms with Gasteiger partial charge in [0.15, 0.2) is 5.84 Å². The molecule has 1 aromatic carbocycles. The monoisotopic (exact) mass is 265 g/mol. The van der Waals surface area contributed by atoms with Crippen molar-refractivity contribution in [3.8, 4) is 5.75 Å². The predicted molar refractivity (Wildman–Crippen MR) is 71.4 cm³/mol. The van der Waals surface area contributed by atoms with Gasteiger partial charge in [0.1, 0.15) is 5.75 Å². The summed E-state index contributed by atoms with van der Waals surface area (Å²) in [6.07, 6.45) is 1.45. The van der Waals surface area contributed by atoms with Crippen molar-refractivity contribution in [2.24, 2.45) is 10.9 Å². The van der Waals surface area contributed by atoms with Gasteiger partial charge < -0.3 is 26.1 Å². The van der Waals surface area contributed by atoms with E-state index in [-0.39, 0.29) is 11.9 Å². The molecular formula is C13H19N3O3. The van der Waals surface area contributed by atoms with Gasteiger partial charge in [0.2, 0.25) is 0 Å². The topological polar surface area (TPSA) is 100 Å². The van der Waals surface area contributed by atoms with Crippen molar-refractivity contribution in [2.45, 2.75) is 31.5 Å². The first-order valence-electron chi connectivity index (χ1n) is 6.20. The van der Waals surface area contributed by atoms with Gasteiger partial charge in [-0.3, -0.25) is 0 Å². The Hall–Kier alpha value is -1.79. The number of nitrogens with zero attached hydrogens (tertiary/aromatic N) is 1. The molecule has 0 bridgehead atoms. The quantitative estimate of drug-likeness (QED) is 0.267. The molecule has 104 valence electrons. The number of benzene rings is 1. The van der Waals surface area contributed by atoms with Crippen LogP contribution in [0.15, 0.2) is 23.4 Å². The van der Waals surface area contributed by atoms with Crippen molar-refractivity contribution in [3.63, 3.8) is 0 Å². The molecule has 0 radical (unpaired) electrons. The van der Waals surface area contributed by atoms with Gasteiger partial charge in [-0.05, 0) is 30.5 Å². The molecule has 0 atom stereocenters. The zero-order chi connectivity index (χ0) is 13.8. The maximum Gasteiger partial charge on any atom is 0.173 e. The summed E-state index contributed by atoms with van der Waals surface area (Å²) < 4.78 is 5.23. The number of aliphatic hydroxyl groups is 1. The van der Waals surface area contributed by atoms with Gasteiger partial charge in [0, 0.05) is 12.6 Å². The van der Waals surface area contributed by atoms with Crippen molar-refractivity contribution < 1.29 is 15.1 Å². The third-order valence-electron chi connectivity index (χ3n) is 3.36. The highest BCUT2D eigenvalue weighted by atomic mass is 16.5. The summed E-state index contributed by atoms with van der Waals surface area (Å²) in [5, 5.41) is 24.2. The number of amidine groups is 1. The van der Waals surface area contributed by atoms with Crippen LogP contribution in [0, 0.1) is 0 Å². The Morgan fingerprint density at radius 2 is 2.26 bits per heavy atom. The van der Waals surface area contributed by atoms with Crippen LogP contribution in [0.3, 0.4) is 0 Å². The van der Waals surface area contributed by atoms with Crippen LogP contribution in [0.2, 0.25) is 0 Å². The van der Waals surface area contributed by atoms with Gasteiger partial charge in [-0.25, -0.2) is 0 Å². The zero-order valence-corrected chi connectivity index (χ0v) is 10.8. The van der Waals surface area contributed by atoms with Gasteiger partial charge in [0.25, 0.3) is 0 Å². The molecule has 1 aliphatic carbocycles. The third kappa shape index (κ3) is 3.15. The molecule has 0 heterocycles. The van der Waals surface area contributed by atoms with Crippen LogP contribution in [-0.4, -0.2) is 35.4 Å². The lowest BCUT2D eigenvalue weighted by atomic mass is 9.89. The molecular weight excluding hydrogens is 246 g/mol. The summed E-state index contributed by atoms with van der Waals surface area (Å²) in [7, 11) is 1.54. The largest absolute Gasteiger partial charge is 0.496 e. The van der Waals surface area contributed by atoms with E-state index in [0.29, 0.717) is 23.9 Å². The molecule has 0 saturated heterocycles. The van der Waals surface area contributed by atoms with Crippen LogP contribution < -0.4 is 15.8 Å². The highest BCUT2D eigenvalue weighted by Gasteiger charge is 2.26. The zero-order valence-electron chi connectivity index (χ0n) is 10.8. The Balaban J connectivity index is 2.02. The molecule has 6 heteroatoms. The summed E-state index contributed by atoms with van der Waals surface area (Å²) in [5.74, 6) is 0.599. The van der Waals surface area contributed by atoms with E-state index in [1.54, 1.807) is 13.2 Å². The number of methoxy groups -OCH3 is 1. The molecule has 19 heavy (non-hydrogen) atoms. The molecule has 5 N–H and O–H groups in total. The number of nitrogens with one attached hydrogen (secondary N) is 1. The SMILES string of the molecule is COc1cc(CNC2CC(O)C2)ccc1/C(N)=N/O. The van der Waals surface area contributed by atoms with Gasteiger partial charge in [-0.15, -0.1) is 0 Å². The maximum atomic E-state index is 9.21. The molecule has 0 amide bonds. The van der Waals surface area contributed by atoms with Gasteiger partial charge >= 0.3 is 0 Å². The number of hydrogen-bond acceptors (Lipinski definition) is 5. The Bertz CT molecular complexity index is 470. The number of rotatable bonds is 5. The minimum atomic E-state index is -0.157. The van der Waals surface area contributed by atoms with Crippen molar-refractivity contribution in [2.75, 3.05) is 7.11 Å². The highest BCUT2D eigenvalue weighted by molar-refractivity contribution is 5.99. The minimum absolute atomic E-state index is 0.0264. The van der Waals surface area contributed by atoms with Gasteiger partial charge in [-0.2, -0.15) is 0 Å². The van der Waals surface area contributed by atoms with E-state index >= 15 is 0 Å². The second kappa shape index (κ2) is 5.90. The molecule has 6 nitrogen and oxygen atoms in total. The fourth-order valence-electron chi connectivity index (χ4n) is 2.13. The Kier molecular flexibility index (Phi) is 4.24. The van der Waals surface area contributed by atoms with Crippen molar-refractivity contribution in [1.82, 2.24) is 5.32 Å². The maximum absolute atomic E-state index is 9.21. The van der Waals surface area contributed by atoms with E-state index in [0.717, 1.165) is 18.4 Å². The summed E-state index contributed by atoms with van der Waals surface area (Å²) >= 11 is 0. The van der Waals surface area contributed by atoms with E-state index in [4.69, 9.17) is 15.7 Å². The van der Waals surface area contributed by atoms with E-state index < -0.39 is 0 Å². The second-order valence-electron chi connectivity index (χ2n) is 4.72. The first-order chi connectivity index (χ1) is 9.13. The van der Waals surface area contributed by atoms with E-state index in [1.807, 2.05) is 12.1 Å².